The minimum atomic E-state index is -0.0742. The molecule has 2 nitrogen and oxygen atoms in total. The van der Waals surface area contributed by atoms with Gasteiger partial charge < -0.3 is 10.5 Å². The van der Waals surface area contributed by atoms with E-state index in [0.29, 0.717) is 5.92 Å². The molecule has 0 aliphatic carbocycles. The second kappa shape index (κ2) is 4.73. The van der Waals surface area contributed by atoms with Crippen molar-refractivity contribution in [3.05, 3.63) is 0 Å². The summed E-state index contributed by atoms with van der Waals surface area (Å²) < 4.78 is 5.24. The average Bonchev–Trinajstić information content (AvgIpc) is 1.88. The summed E-state index contributed by atoms with van der Waals surface area (Å²) in [5.41, 5.74) is 5.95. The minimum absolute atomic E-state index is 0.0742. The fourth-order valence-electron chi connectivity index (χ4n) is 0.725. The molecule has 0 aromatic rings. The summed E-state index contributed by atoms with van der Waals surface area (Å²) in [5.74, 6) is 0.517. The lowest BCUT2D eigenvalue weighted by atomic mass is 9.87. The van der Waals surface area contributed by atoms with Gasteiger partial charge in [0.05, 0.1) is 0 Å². The van der Waals surface area contributed by atoms with Gasteiger partial charge in [-0.15, -0.1) is 0 Å². The highest BCUT2D eigenvalue weighted by atomic mass is 16.5. The topological polar surface area (TPSA) is 35.2 Å². The first kappa shape index (κ1) is 10.9. The van der Waals surface area contributed by atoms with Crippen molar-refractivity contribution in [1.82, 2.24) is 0 Å². The number of hydrogen-bond acceptors (Lipinski definition) is 2. The molecule has 0 spiro atoms. The predicted molar refractivity (Wildman–Crippen MR) is 48.5 cm³/mol. The molecular formula is C9H21NO. The molecule has 0 radical (unpaired) electrons. The molecule has 68 valence electrons. The summed E-state index contributed by atoms with van der Waals surface area (Å²) in [6.45, 7) is 9.94. The zero-order valence-electron chi connectivity index (χ0n) is 8.18. The van der Waals surface area contributed by atoms with Crippen LogP contribution in [0, 0.1) is 5.92 Å². The second-order valence-corrected chi connectivity index (χ2v) is 3.61. The van der Waals surface area contributed by atoms with Crippen LogP contribution in [0.15, 0.2) is 0 Å². The monoisotopic (exact) mass is 159 g/mol. The highest BCUT2D eigenvalue weighted by Crippen LogP contribution is 2.16. The van der Waals surface area contributed by atoms with E-state index in [-0.39, 0.29) is 5.54 Å². The maximum atomic E-state index is 6.02. The van der Waals surface area contributed by atoms with E-state index in [0.717, 1.165) is 19.6 Å². The molecule has 1 atom stereocenters. The molecule has 0 amide bonds. The van der Waals surface area contributed by atoms with Crippen LogP contribution in [0.4, 0.5) is 0 Å². The Hall–Kier alpha value is -0.0800. The van der Waals surface area contributed by atoms with E-state index in [1.54, 1.807) is 0 Å². The van der Waals surface area contributed by atoms with Crippen LogP contribution in [0.3, 0.4) is 0 Å². The Bertz CT molecular complexity index is 99.7. The van der Waals surface area contributed by atoms with Gasteiger partial charge in [0.1, 0.15) is 0 Å². The lowest BCUT2D eigenvalue weighted by Gasteiger charge is -2.28. The first-order chi connectivity index (χ1) is 5.00. The van der Waals surface area contributed by atoms with Gasteiger partial charge in [-0.3, -0.25) is 0 Å². The van der Waals surface area contributed by atoms with Crippen LogP contribution in [-0.4, -0.2) is 18.8 Å². The van der Waals surface area contributed by atoms with Gasteiger partial charge >= 0.3 is 0 Å². The van der Waals surface area contributed by atoms with Gasteiger partial charge in [-0.05, 0) is 26.2 Å². The maximum Gasteiger partial charge on any atom is 0.0483 e. The third kappa shape index (κ3) is 4.38. The van der Waals surface area contributed by atoms with Crippen LogP contribution < -0.4 is 5.73 Å². The first-order valence-electron chi connectivity index (χ1n) is 4.37. The van der Waals surface area contributed by atoms with Crippen LogP contribution in [0.1, 0.15) is 34.1 Å². The van der Waals surface area contributed by atoms with Crippen molar-refractivity contribution >= 4 is 0 Å². The fourth-order valence-corrected chi connectivity index (χ4v) is 0.725. The third-order valence-electron chi connectivity index (χ3n) is 2.31. The summed E-state index contributed by atoms with van der Waals surface area (Å²) >= 11 is 0. The number of hydrogen-bond donors (Lipinski definition) is 1. The Labute approximate surface area is 70.1 Å². The molecule has 0 aliphatic heterocycles. The van der Waals surface area contributed by atoms with Gasteiger partial charge in [0, 0.05) is 18.8 Å². The van der Waals surface area contributed by atoms with Gasteiger partial charge in [0.2, 0.25) is 0 Å². The predicted octanol–water partition coefficient (Wildman–Crippen LogP) is 1.79. The largest absolute Gasteiger partial charge is 0.382 e. The summed E-state index contributed by atoms with van der Waals surface area (Å²) in [7, 11) is 0. The molecule has 2 N–H and O–H groups in total. The van der Waals surface area contributed by atoms with Gasteiger partial charge in [0.15, 0.2) is 0 Å². The van der Waals surface area contributed by atoms with Crippen molar-refractivity contribution in [3.8, 4) is 0 Å². The van der Waals surface area contributed by atoms with E-state index < -0.39 is 0 Å². The Morgan fingerprint density at radius 2 is 2.00 bits per heavy atom. The second-order valence-electron chi connectivity index (χ2n) is 3.61. The highest BCUT2D eigenvalue weighted by molar-refractivity contribution is 4.81. The van der Waals surface area contributed by atoms with E-state index in [4.69, 9.17) is 10.5 Å². The van der Waals surface area contributed by atoms with Crippen molar-refractivity contribution < 1.29 is 4.74 Å². The lowest BCUT2D eigenvalue weighted by Crippen LogP contribution is -2.42. The van der Waals surface area contributed by atoms with Crippen LogP contribution in [0.2, 0.25) is 0 Å². The van der Waals surface area contributed by atoms with Gasteiger partial charge in [-0.1, -0.05) is 13.8 Å². The Kier molecular flexibility index (Phi) is 4.69. The average molecular weight is 159 g/mol. The van der Waals surface area contributed by atoms with Gasteiger partial charge in [0.25, 0.3) is 0 Å². The number of nitrogens with two attached hydrogens (primary N) is 1. The molecule has 11 heavy (non-hydrogen) atoms. The molecule has 0 aliphatic rings. The molecular weight excluding hydrogens is 138 g/mol. The van der Waals surface area contributed by atoms with Crippen molar-refractivity contribution in [2.75, 3.05) is 13.2 Å². The Morgan fingerprint density at radius 1 is 1.45 bits per heavy atom. The molecule has 1 unspecified atom stereocenters. The summed E-state index contributed by atoms with van der Waals surface area (Å²) in [4.78, 5) is 0. The molecule has 0 saturated heterocycles. The van der Waals surface area contributed by atoms with Crippen LogP contribution >= 0.6 is 0 Å². The standard InChI is InChI=1S/C9H21NO/c1-5-11-7-6-9(4,10)8(2)3/h8H,5-7,10H2,1-4H3. The van der Waals surface area contributed by atoms with Crippen LogP contribution in [-0.2, 0) is 4.74 Å². The van der Waals surface area contributed by atoms with E-state index in [2.05, 4.69) is 20.8 Å². The summed E-state index contributed by atoms with van der Waals surface area (Å²) in [6, 6.07) is 0. The molecule has 0 fully saturated rings. The molecule has 0 bridgehead atoms. The Morgan fingerprint density at radius 3 is 2.36 bits per heavy atom. The molecule has 0 saturated carbocycles. The zero-order chi connectivity index (χ0) is 8.91. The van der Waals surface area contributed by atoms with Crippen molar-refractivity contribution in [2.24, 2.45) is 11.7 Å². The normalized spacial score (nSPS) is 16.9. The smallest absolute Gasteiger partial charge is 0.0483 e. The van der Waals surface area contributed by atoms with Gasteiger partial charge in [-0.2, -0.15) is 0 Å². The highest BCUT2D eigenvalue weighted by Gasteiger charge is 2.21. The SMILES string of the molecule is CCOCCC(C)(N)C(C)C. The fraction of sp³-hybridized carbons (Fsp3) is 1.00. The van der Waals surface area contributed by atoms with E-state index in [1.165, 1.54) is 0 Å². The minimum Gasteiger partial charge on any atom is -0.382 e. The maximum absolute atomic E-state index is 6.02. The third-order valence-corrected chi connectivity index (χ3v) is 2.31. The molecule has 0 aromatic carbocycles. The molecule has 0 aromatic heterocycles. The molecule has 2 heteroatoms. The van der Waals surface area contributed by atoms with Crippen molar-refractivity contribution in [3.63, 3.8) is 0 Å². The van der Waals surface area contributed by atoms with Crippen LogP contribution in [0.25, 0.3) is 0 Å². The van der Waals surface area contributed by atoms with Crippen molar-refractivity contribution in [1.29, 1.82) is 0 Å². The van der Waals surface area contributed by atoms with Gasteiger partial charge in [-0.25, -0.2) is 0 Å². The van der Waals surface area contributed by atoms with E-state index in [1.807, 2.05) is 6.92 Å². The summed E-state index contributed by atoms with van der Waals surface area (Å²) in [6.07, 6.45) is 0.943. The van der Waals surface area contributed by atoms with E-state index >= 15 is 0 Å². The number of rotatable bonds is 5. The number of ether oxygens (including phenoxy) is 1. The van der Waals surface area contributed by atoms with Crippen LogP contribution in [0.5, 0.6) is 0 Å². The van der Waals surface area contributed by atoms with Crippen molar-refractivity contribution in [2.45, 2.75) is 39.7 Å². The van der Waals surface area contributed by atoms with E-state index in [9.17, 15) is 0 Å². The quantitative estimate of drug-likeness (QED) is 0.621. The summed E-state index contributed by atoms with van der Waals surface area (Å²) in [5, 5.41) is 0. The molecule has 0 rings (SSSR count). The Balaban J connectivity index is 3.55. The first-order valence-corrected chi connectivity index (χ1v) is 4.37. The lowest BCUT2D eigenvalue weighted by molar-refractivity contribution is 0.119. The molecule has 0 heterocycles. The zero-order valence-corrected chi connectivity index (χ0v) is 8.18.